The molecule has 2 heterocycles. The van der Waals surface area contributed by atoms with Crippen LogP contribution in [0.25, 0.3) is 22.0 Å². The van der Waals surface area contributed by atoms with Crippen molar-refractivity contribution in [1.82, 2.24) is 20.2 Å². The Morgan fingerprint density at radius 2 is 1.96 bits per heavy atom. The number of nitrogens with zero attached hydrogens (tertiary/aromatic N) is 3. The van der Waals surface area contributed by atoms with E-state index in [2.05, 4.69) is 27.2 Å². The first-order chi connectivity index (χ1) is 13.6. The molecule has 2 aromatic carbocycles. The molecule has 1 aromatic heterocycles. The zero-order valence-electron chi connectivity index (χ0n) is 16.1. The van der Waals surface area contributed by atoms with Gasteiger partial charge >= 0.3 is 0 Å². The standard InChI is InChI=1S/C22H25N5O/c1-27-12-2-3-18(27)10-11-24-22(28)16-6-4-15(5-7-16)17-8-9-20-19(13-17)21(23)26-14-25-20/h4-9,13-14,18H,2-3,10-12H2,1H3,(H,24,28)(H2,23,25,26)/t18-/m1/s1. The summed E-state index contributed by atoms with van der Waals surface area (Å²) in [6, 6.07) is 14.2. The summed E-state index contributed by atoms with van der Waals surface area (Å²) in [5.74, 6) is 0.444. The predicted octanol–water partition coefficient (Wildman–Crippen LogP) is 3.09. The van der Waals surface area contributed by atoms with Crippen LogP contribution < -0.4 is 11.1 Å². The van der Waals surface area contributed by atoms with Gasteiger partial charge in [0.05, 0.1) is 5.52 Å². The molecule has 4 rings (SSSR count). The Labute approximate surface area is 164 Å². The van der Waals surface area contributed by atoms with Gasteiger partial charge in [0.25, 0.3) is 5.91 Å². The number of nitrogens with one attached hydrogen (secondary N) is 1. The fourth-order valence-corrected chi connectivity index (χ4v) is 3.87. The van der Waals surface area contributed by atoms with E-state index in [9.17, 15) is 4.79 Å². The lowest BCUT2D eigenvalue weighted by Crippen LogP contribution is -2.31. The van der Waals surface area contributed by atoms with Crippen LogP contribution in [0.4, 0.5) is 5.82 Å². The van der Waals surface area contributed by atoms with Crippen LogP contribution in [0.5, 0.6) is 0 Å². The van der Waals surface area contributed by atoms with Gasteiger partial charge in [0, 0.05) is 23.5 Å². The molecule has 1 aliphatic rings. The molecule has 1 amide bonds. The van der Waals surface area contributed by atoms with Gasteiger partial charge in [0.2, 0.25) is 0 Å². The summed E-state index contributed by atoms with van der Waals surface area (Å²) in [6.45, 7) is 1.87. The van der Waals surface area contributed by atoms with E-state index in [1.165, 1.54) is 19.2 Å². The summed E-state index contributed by atoms with van der Waals surface area (Å²) in [5.41, 5.74) is 9.49. The van der Waals surface area contributed by atoms with Crippen LogP contribution in [0.1, 0.15) is 29.6 Å². The third-order valence-corrected chi connectivity index (χ3v) is 5.58. The first-order valence-corrected chi connectivity index (χ1v) is 9.71. The van der Waals surface area contributed by atoms with E-state index in [1.807, 2.05) is 42.5 Å². The molecule has 0 aliphatic carbocycles. The van der Waals surface area contributed by atoms with Crippen molar-refractivity contribution in [3.05, 3.63) is 54.4 Å². The SMILES string of the molecule is CN1CCC[C@@H]1CCNC(=O)c1ccc(-c2ccc3ncnc(N)c3c2)cc1. The summed E-state index contributed by atoms with van der Waals surface area (Å²) in [5, 5.41) is 3.87. The van der Waals surface area contributed by atoms with Crippen molar-refractivity contribution in [2.24, 2.45) is 0 Å². The number of likely N-dealkylation sites (tertiary alicyclic amines) is 1. The molecule has 0 radical (unpaired) electrons. The molecule has 1 aliphatic heterocycles. The van der Waals surface area contributed by atoms with E-state index in [-0.39, 0.29) is 5.91 Å². The van der Waals surface area contributed by atoms with Crippen molar-refractivity contribution in [3.8, 4) is 11.1 Å². The second-order valence-electron chi connectivity index (χ2n) is 7.39. The monoisotopic (exact) mass is 375 g/mol. The van der Waals surface area contributed by atoms with Crippen molar-refractivity contribution in [2.75, 3.05) is 25.9 Å². The molecule has 0 saturated carbocycles. The maximum atomic E-state index is 12.4. The number of hydrogen-bond acceptors (Lipinski definition) is 5. The number of rotatable bonds is 5. The number of carbonyl (C=O) groups excluding carboxylic acids is 1. The number of fused-ring (bicyclic) bond motifs is 1. The Morgan fingerprint density at radius 3 is 2.71 bits per heavy atom. The van der Waals surface area contributed by atoms with Crippen LogP contribution in [-0.4, -0.2) is 47.0 Å². The van der Waals surface area contributed by atoms with Gasteiger partial charge in [-0.2, -0.15) is 0 Å². The number of benzene rings is 2. The molecule has 0 unspecified atom stereocenters. The van der Waals surface area contributed by atoms with Crippen LogP contribution in [0, 0.1) is 0 Å². The summed E-state index contributed by atoms with van der Waals surface area (Å²) < 4.78 is 0. The Balaban J connectivity index is 1.42. The van der Waals surface area contributed by atoms with Crippen LogP contribution >= 0.6 is 0 Å². The Hall–Kier alpha value is -2.99. The summed E-state index contributed by atoms with van der Waals surface area (Å²) in [7, 11) is 2.16. The maximum absolute atomic E-state index is 12.4. The van der Waals surface area contributed by atoms with E-state index in [0.717, 1.165) is 35.0 Å². The number of aromatic nitrogens is 2. The zero-order valence-corrected chi connectivity index (χ0v) is 16.1. The number of anilines is 1. The molecule has 3 aromatic rings. The highest BCUT2D eigenvalue weighted by Gasteiger charge is 2.20. The Morgan fingerprint density at radius 1 is 1.18 bits per heavy atom. The van der Waals surface area contributed by atoms with Crippen molar-refractivity contribution < 1.29 is 4.79 Å². The third-order valence-electron chi connectivity index (χ3n) is 5.58. The zero-order chi connectivity index (χ0) is 19.5. The topological polar surface area (TPSA) is 84.1 Å². The minimum absolute atomic E-state index is 0.0247. The molecule has 144 valence electrons. The molecule has 1 fully saturated rings. The van der Waals surface area contributed by atoms with Gasteiger partial charge in [0.1, 0.15) is 12.1 Å². The Kier molecular flexibility index (Phi) is 5.21. The molecule has 3 N–H and O–H groups in total. The second-order valence-corrected chi connectivity index (χ2v) is 7.39. The fraction of sp³-hybridized carbons (Fsp3) is 0.318. The number of amides is 1. The minimum Gasteiger partial charge on any atom is -0.383 e. The number of carbonyl (C=O) groups is 1. The number of nitrogens with two attached hydrogens (primary N) is 1. The lowest BCUT2D eigenvalue weighted by Gasteiger charge is -2.19. The molecular weight excluding hydrogens is 350 g/mol. The smallest absolute Gasteiger partial charge is 0.251 e. The lowest BCUT2D eigenvalue weighted by atomic mass is 10.0. The van der Waals surface area contributed by atoms with Crippen LogP contribution in [0.2, 0.25) is 0 Å². The average molecular weight is 375 g/mol. The van der Waals surface area contributed by atoms with Crippen LogP contribution in [0.15, 0.2) is 48.8 Å². The van der Waals surface area contributed by atoms with Gasteiger partial charge in [-0.05, 0) is 68.2 Å². The molecule has 6 heteroatoms. The maximum Gasteiger partial charge on any atom is 0.251 e. The van der Waals surface area contributed by atoms with Crippen molar-refractivity contribution in [1.29, 1.82) is 0 Å². The first kappa shape index (κ1) is 18.4. The third kappa shape index (κ3) is 3.82. The van der Waals surface area contributed by atoms with Gasteiger partial charge in [-0.1, -0.05) is 18.2 Å². The van der Waals surface area contributed by atoms with Gasteiger partial charge in [-0.25, -0.2) is 9.97 Å². The molecule has 0 spiro atoms. The molecule has 1 atom stereocenters. The number of hydrogen-bond donors (Lipinski definition) is 2. The number of nitrogen functional groups attached to an aromatic ring is 1. The highest BCUT2D eigenvalue weighted by molar-refractivity contribution is 5.95. The second kappa shape index (κ2) is 7.94. The largest absolute Gasteiger partial charge is 0.383 e. The van der Waals surface area contributed by atoms with Crippen molar-refractivity contribution in [2.45, 2.75) is 25.3 Å². The normalized spacial score (nSPS) is 17.1. The molecular formula is C22H25N5O. The van der Waals surface area contributed by atoms with Gasteiger partial charge < -0.3 is 16.0 Å². The lowest BCUT2D eigenvalue weighted by molar-refractivity contribution is 0.0950. The molecule has 6 nitrogen and oxygen atoms in total. The summed E-state index contributed by atoms with van der Waals surface area (Å²) >= 11 is 0. The highest BCUT2D eigenvalue weighted by atomic mass is 16.1. The van der Waals surface area contributed by atoms with E-state index in [1.54, 1.807) is 0 Å². The summed E-state index contributed by atoms with van der Waals surface area (Å²) in [4.78, 5) is 23.1. The van der Waals surface area contributed by atoms with Crippen molar-refractivity contribution in [3.63, 3.8) is 0 Å². The summed E-state index contributed by atoms with van der Waals surface area (Å²) in [6.07, 6.45) is 4.95. The van der Waals surface area contributed by atoms with Gasteiger partial charge in [-0.15, -0.1) is 0 Å². The quantitative estimate of drug-likeness (QED) is 0.716. The van der Waals surface area contributed by atoms with Gasteiger partial charge in [0.15, 0.2) is 0 Å². The first-order valence-electron chi connectivity index (χ1n) is 9.71. The molecule has 28 heavy (non-hydrogen) atoms. The van der Waals surface area contributed by atoms with E-state index >= 15 is 0 Å². The fourth-order valence-electron chi connectivity index (χ4n) is 3.87. The molecule has 0 bridgehead atoms. The van der Waals surface area contributed by atoms with Crippen LogP contribution in [-0.2, 0) is 0 Å². The minimum atomic E-state index is -0.0247. The van der Waals surface area contributed by atoms with E-state index in [0.29, 0.717) is 24.0 Å². The highest BCUT2D eigenvalue weighted by Crippen LogP contribution is 2.26. The van der Waals surface area contributed by atoms with E-state index in [4.69, 9.17) is 5.73 Å². The van der Waals surface area contributed by atoms with E-state index < -0.39 is 0 Å². The molecule has 1 saturated heterocycles. The average Bonchev–Trinajstić information content (AvgIpc) is 3.13. The van der Waals surface area contributed by atoms with Crippen molar-refractivity contribution >= 4 is 22.6 Å². The predicted molar refractivity (Wildman–Crippen MR) is 112 cm³/mol. The Bertz CT molecular complexity index is 986. The van der Waals surface area contributed by atoms with Gasteiger partial charge in [-0.3, -0.25) is 4.79 Å². The van der Waals surface area contributed by atoms with Crippen LogP contribution in [0.3, 0.4) is 0 Å².